The van der Waals surface area contributed by atoms with Gasteiger partial charge in [-0.05, 0) is 91.7 Å². The summed E-state index contributed by atoms with van der Waals surface area (Å²) in [7, 11) is 3.51. The molecule has 0 atom stereocenters. The van der Waals surface area contributed by atoms with Gasteiger partial charge in [-0.3, -0.25) is 9.79 Å². The Kier molecular flexibility index (Phi) is 8.68. The molecule has 8 heteroatoms. The van der Waals surface area contributed by atoms with Crippen molar-refractivity contribution in [3.63, 3.8) is 0 Å². The van der Waals surface area contributed by atoms with Gasteiger partial charge in [-0.25, -0.2) is 4.98 Å². The van der Waals surface area contributed by atoms with E-state index in [0.717, 1.165) is 57.7 Å². The summed E-state index contributed by atoms with van der Waals surface area (Å²) in [6.07, 6.45) is 8.43. The van der Waals surface area contributed by atoms with Gasteiger partial charge in [0.05, 0.1) is 39.5 Å². The molecule has 1 aliphatic heterocycles. The summed E-state index contributed by atoms with van der Waals surface area (Å²) < 4.78 is 2.18. The number of anilines is 2. The number of rotatable bonds is 5. The molecule has 1 heterocycles. The molecule has 1 saturated carbocycles. The molecule has 3 aliphatic rings. The average molecular weight is 613 g/mol. The number of benzene rings is 4. The molecule has 1 fully saturated rings. The topological polar surface area (TPSA) is 62.5 Å². The van der Waals surface area contributed by atoms with Crippen LogP contribution in [0.1, 0.15) is 55.3 Å². The molecule has 0 bridgehead atoms. The van der Waals surface area contributed by atoms with Crippen molar-refractivity contribution >= 4 is 51.5 Å². The van der Waals surface area contributed by atoms with Crippen molar-refractivity contribution in [2.45, 2.75) is 51.0 Å². The highest BCUT2D eigenvalue weighted by atomic mass is 35.5. The van der Waals surface area contributed by atoms with Gasteiger partial charge in [0.15, 0.2) is 0 Å². The average Bonchev–Trinajstić information content (AvgIpc) is 2.98. The van der Waals surface area contributed by atoms with Crippen LogP contribution in [0.4, 0.5) is 11.4 Å². The second kappa shape index (κ2) is 12.8. The van der Waals surface area contributed by atoms with Crippen molar-refractivity contribution in [2.24, 2.45) is 4.99 Å². The second-order valence-corrected chi connectivity index (χ2v) is 12.3. The van der Waals surface area contributed by atoms with Crippen molar-refractivity contribution in [1.82, 2.24) is 14.5 Å². The van der Waals surface area contributed by atoms with Crippen LogP contribution in [0.15, 0.2) is 83.9 Å². The van der Waals surface area contributed by atoms with Crippen LogP contribution in [0.3, 0.4) is 0 Å². The molecule has 3 aromatic carbocycles. The standard InChI is InChI=1S/C35H35Cl2N5O/c1-41(2)35(43)23-10-19-33-31(20-23)40-32-21-29(39-27-15-11-24(36)12-16-27)30(38-26-8-6-4-3-5-7-9-26)22-34(32)42(33)28-17-13-25(37)14-18-28/h10-22,26,39H,3-9H2,1-2H3. The number of hydrogen-bond donors (Lipinski definition) is 1. The van der Waals surface area contributed by atoms with E-state index in [1.54, 1.807) is 19.0 Å². The fourth-order valence-electron chi connectivity index (χ4n) is 5.81. The number of aromatic nitrogens is 2. The molecular weight excluding hydrogens is 577 g/mol. The summed E-state index contributed by atoms with van der Waals surface area (Å²) in [4.78, 5) is 24.9. The Bertz CT molecular complexity index is 1790. The summed E-state index contributed by atoms with van der Waals surface area (Å²) in [6.45, 7) is 0. The molecule has 6 rings (SSSR count). The van der Waals surface area contributed by atoms with Crippen molar-refractivity contribution in [1.29, 1.82) is 0 Å². The van der Waals surface area contributed by atoms with Gasteiger partial charge >= 0.3 is 0 Å². The van der Waals surface area contributed by atoms with Crippen molar-refractivity contribution in [2.75, 3.05) is 19.4 Å². The predicted octanol–water partition coefficient (Wildman–Crippen LogP) is 8.90. The third kappa shape index (κ3) is 6.56. The van der Waals surface area contributed by atoms with Gasteiger partial charge in [-0.1, -0.05) is 55.3 Å². The molecule has 2 aliphatic carbocycles. The molecule has 0 saturated heterocycles. The van der Waals surface area contributed by atoms with Gasteiger partial charge in [-0.2, -0.15) is 0 Å². The van der Waals surface area contributed by atoms with Gasteiger partial charge in [0.2, 0.25) is 0 Å². The highest BCUT2D eigenvalue weighted by Crippen LogP contribution is 2.32. The largest absolute Gasteiger partial charge is 0.354 e. The Hall–Kier alpha value is -3.87. The van der Waals surface area contributed by atoms with E-state index in [0.29, 0.717) is 15.6 Å². The number of nitrogens with one attached hydrogen (secondary N) is 1. The fourth-order valence-corrected chi connectivity index (χ4v) is 6.06. The Balaban J connectivity index is 1.61. The Morgan fingerprint density at radius 2 is 1.51 bits per heavy atom. The van der Waals surface area contributed by atoms with E-state index in [-0.39, 0.29) is 11.9 Å². The van der Waals surface area contributed by atoms with Crippen LogP contribution in [0.5, 0.6) is 0 Å². The Morgan fingerprint density at radius 3 is 2.19 bits per heavy atom. The van der Waals surface area contributed by atoms with E-state index < -0.39 is 0 Å². The van der Waals surface area contributed by atoms with Crippen LogP contribution in [0, 0.1) is 0 Å². The third-order valence-corrected chi connectivity index (χ3v) is 8.55. The Labute approximate surface area is 262 Å². The second-order valence-electron chi connectivity index (χ2n) is 11.4. The zero-order valence-electron chi connectivity index (χ0n) is 24.5. The lowest BCUT2D eigenvalue weighted by Crippen LogP contribution is -2.22. The summed E-state index contributed by atoms with van der Waals surface area (Å²) in [5.74, 6) is -0.0692. The number of carbonyl (C=O) groups excluding carboxylic acids is 1. The van der Waals surface area contributed by atoms with Crippen molar-refractivity contribution in [3.05, 3.63) is 99.8 Å². The van der Waals surface area contributed by atoms with Crippen LogP contribution in [-0.2, 0) is 0 Å². The van der Waals surface area contributed by atoms with Gasteiger partial charge < -0.3 is 14.8 Å². The summed E-state index contributed by atoms with van der Waals surface area (Å²) in [6, 6.07) is 25.6. The first kappa shape index (κ1) is 29.2. The lowest BCUT2D eigenvalue weighted by molar-refractivity contribution is 0.0827. The molecule has 0 radical (unpaired) electrons. The smallest absolute Gasteiger partial charge is 0.253 e. The number of amides is 1. The quantitative estimate of drug-likeness (QED) is 0.202. The first-order valence-electron chi connectivity index (χ1n) is 14.9. The van der Waals surface area contributed by atoms with E-state index in [4.69, 9.17) is 33.2 Å². The van der Waals surface area contributed by atoms with Crippen LogP contribution in [0.2, 0.25) is 10.0 Å². The summed E-state index contributed by atoms with van der Waals surface area (Å²) >= 11 is 12.5. The molecule has 1 amide bonds. The summed E-state index contributed by atoms with van der Waals surface area (Å²) in [5, 5.41) is 5.84. The predicted molar refractivity (Wildman–Crippen MR) is 177 cm³/mol. The SMILES string of the molecule is CN(C)C(=O)c1ccc2c(c1)nc1cc(Nc3ccc(Cl)cc3)c(=NC3CCCCCCC3)cc-1n2-c1ccc(Cl)cc1. The minimum Gasteiger partial charge on any atom is -0.354 e. The number of carbonyl (C=O) groups is 1. The van der Waals surface area contributed by atoms with E-state index >= 15 is 0 Å². The van der Waals surface area contributed by atoms with Gasteiger partial charge in [-0.15, -0.1) is 0 Å². The van der Waals surface area contributed by atoms with Crippen LogP contribution in [0.25, 0.3) is 28.1 Å². The first-order valence-corrected chi connectivity index (χ1v) is 15.7. The lowest BCUT2D eigenvalue weighted by Gasteiger charge is -2.22. The van der Waals surface area contributed by atoms with Gasteiger partial charge in [0.25, 0.3) is 5.91 Å². The van der Waals surface area contributed by atoms with Crippen LogP contribution >= 0.6 is 23.2 Å². The number of fused-ring (bicyclic) bond motifs is 2. The van der Waals surface area contributed by atoms with E-state index in [9.17, 15) is 4.79 Å². The zero-order valence-corrected chi connectivity index (χ0v) is 26.0. The minimum atomic E-state index is -0.0692. The van der Waals surface area contributed by atoms with Crippen molar-refractivity contribution < 1.29 is 4.79 Å². The van der Waals surface area contributed by atoms with Gasteiger partial charge in [0, 0.05) is 41.1 Å². The molecule has 1 N–H and O–H groups in total. The molecule has 3 aromatic rings. The minimum absolute atomic E-state index is 0.0692. The number of nitrogens with zero attached hydrogens (tertiary/aromatic N) is 4. The van der Waals surface area contributed by atoms with Crippen molar-refractivity contribution in [3.8, 4) is 17.1 Å². The number of hydrogen-bond acceptors (Lipinski definition) is 4. The maximum absolute atomic E-state index is 12.8. The number of halogens is 2. The molecule has 43 heavy (non-hydrogen) atoms. The summed E-state index contributed by atoms with van der Waals surface area (Å²) in [5.41, 5.74) is 6.65. The maximum atomic E-state index is 12.8. The lowest BCUT2D eigenvalue weighted by atomic mass is 9.97. The molecular formula is C35H35Cl2N5O. The fraction of sp³-hybridized carbons (Fsp3) is 0.286. The molecule has 0 aromatic heterocycles. The zero-order chi connectivity index (χ0) is 29.9. The molecule has 0 unspecified atom stereocenters. The molecule has 6 nitrogen and oxygen atoms in total. The first-order chi connectivity index (χ1) is 20.9. The van der Waals surface area contributed by atoms with E-state index in [2.05, 4.69) is 22.0 Å². The van der Waals surface area contributed by atoms with E-state index in [1.165, 1.54) is 32.1 Å². The van der Waals surface area contributed by atoms with Gasteiger partial charge in [0.1, 0.15) is 0 Å². The highest BCUT2D eigenvalue weighted by Gasteiger charge is 2.19. The normalized spacial score (nSPS) is 14.9. The van der Waals surface area contributed by atoms with Crippen LogP contribution < -0.4 is 10.7 Å². The van der Waals surface area contributed by atoms with E-state index in [1.807, 2.05) is 66.7 Å². The molecule has 220 valence electrons. The highest BCUT2D eigenvalue weighted by molar-refractivity contribution is 6.30. The molecule has 0 spiro atoms. The Morgan fingerprint density at radius 1 is 0.860 bits per heavy atom. The third-order valence-electron chi connectivity index (χ3n) is 8.05. The van der Waals surface area contributed by atoms with Crippen LogP contribution in [-0.4, -0.2) is 40.5 Å². The maximum Gasteiger partial charge on any atom is 0.253 e. The monoisotopic (exact) mass is 611 g/mol.